The van der Waals surface area contributed by atoms with Crippen molar-refractivity contribution in [1.29, 1.82) is 63.1 Å². The van der Waals surface area contributed by atoms with Gasteiger partial charge in [-0.15, -0.1) is 0 Å². The van der Waals surface area contributed by atoms with Crippen molar-refractivity contribution in [2.75, 3.05) is 0 Å². The third-order valence-electron chi connectivity index (χ3n) is 0. The van der Waals surface area contributed by atoms with Gasteiger partial charge in [0.05, 0.1) is 0 Å². The van der Waals surface area contributed by atoms with Gasteiger partial charge in [0.25, 0.3) is 0 Å². The second-order valence-corrected chi connectivity index (χ2v) is 0. The molecule has 0 fully saturated rings. The molecule has 0 bridgehead atoms. The van der Waals surface area contributed by atoms with Gasteiger partial charge in [-0.1, -0.05) is 0 Å². The van der Waals surface area contributed by atoms with Crippen molar-refractivity contribution in [3.8, 4) is 0 Å². The Morgan fingerprint density at radius 2 is 0.200 bits per heavy atom. The maximum atomic E-state index is 6.25. The third-order valence-corrected chi connectivity index (χ3v) is 0. The summed E-state index contributed by atoms with van der Waals surface area (Å²) >= 11 is 0. The third kappa shape index (κ3) is 1000. The predicted molar refractivity (Wildman–Crippen MR) is 63.2 cm³/mol. The van der Waals surface area contributed by atoms with E-state index < -0.39 is 0 Å². The Kier molecular flexibility index (Phi) is 9180. The normalized spacial score (nSPS) is 0.800. The summed E-state index contributed by atoms with van der Waals surface area (Å²) in [5.41, 5.74) is 0. The van der Waals surface area contributed by atoms with E-state index in [2.05, 4.69) is 0 Å². The summed E-state index contributed by atoms with van der Waals surface area (Å²) in [5.74, 6) is 0. The van der Waals surface area contributed by atoms with Gasteiger partial charge in [0, 0.05) is 0 Å². The minimum absolute atomic E-state index is 0. The fourth-order valence-electron chi connectivity index (χ4n) is 0. The molecule has 0 aromatic rings. The van der Waals surface area contributed by atoms with E-state index in [0.29, 0.717) is 0 Å². The SMILES string of the molecule is O.[C-]#N.[C-]#N.[C-]#N.[C-]#N.[C-]#N.[C-]#N.[C-]#N.[C-]#N.[C-]#N.[C-]#N.[C-]#N.[C-]#N.[Fe+3].[Fe+3].[Ni+2].[Ni+2].[Ni+2]. The zero-order chi connectivity index (χ0) is 24.0. The molecular weight excluding hydrogens is 616 g/mol. The van der Waals surface area contributed by atoms with Gasteiger partial charge >= 0.3 is 83.6 Å². The molecular formula is C12H2Fe2N12Ni3O. The maximum Gasteiger partial charge on any atom is 3.00 e. The Bertz CT molecular complexity index is 241. The first-order valence-electron chi connectivity index (χ1n) is 2.68. The summed E-state index contributed by atoms with van der Waals surface area (Å²) < 4.78 is 0. The molecule has 0 aromatic heterocycles. The molecule has 0 amide bonds. The van der Waals surface area contributed by atoms with Crippen LogP contribution in [-0.2, 0) is 83.6 Å². The van der Waals surface area contributed by atoms with Crippen molar-refractivity contribution in [1.82, 2.24) is 0 Å². The number of hydrogen-bond donors (Lipinski definition) is 0. The van der Waals surface area contributed by atoms with Crippen molar-refractivity contribution in [3.63, 3.8) is 0 Å². The summed E-state index contributed by atoms with van der Waals surface area (Å²) in [6.45, 7) is 57.0. The summed E-state index contributed by atoms with van der Waals surface area (Å²) in [6.07, 6.45) is 0. The van der Waals surface area contributed by atoms with Gasteiger partial charge in [0.15, 0.2) is 0 Å². The molecule has 13 nitrogen and oxygen atoms in total. The average molecular weight is 618 g/mol. The van der Waals surface area contributed by atoms with Crippen LogP contribution >= 0.6 is 0 Å². The molecule has 0 aliphatic heterocycles. The summed E-state index contributed by atoms with van der Waals surface area (Å²) in [7, 11) is 0. The molecule has 0 saturated heterocycles. The van der Waals surface area contributed by atoms with Gasteiger partial charge in [-0.3, -0.25) is 0 Å². The van der Waals surface area contributed by atoms with Crippen LogP contribution in [0.1, 0.15) is 0 Å². The number of rotatable bonds is 0. The second kappa shape index (κ2) is 1140. The molecule has 0 aliphatic carbocycles. The Morgan fingerprint density at radius 1 is 0.200 bits per heavy atom. The van der Waals surface area contributed by atoms with Crippen LogP contribution in [0.4, 0.5) is 0 Å². The van der Waals surface area contributed by atoms with Gasteiger partial charge < -0.3 is 147 Å². The van der Waals surface area contributed by atoms with E-state index in [0.717, 1.165) is 0 Å². The molecule has 0 atom stereocenters. The largest absolute Gasteiger partial charge is 3.00 e. The first-order valence-corrected chi connectivity index (χ1v) is 2.68. The first kappa shape index (κ1) is 243. The molecule has 162 valence electrons. The number of hydrogen-bond acceptors (Lipinski definition) is 12. The van der Waals surface area contributed by atoms with Gasteiger partial charge in [0.2, 0.25) is 0 Å². The smallest absolute Gasteiger partial charge is 0.512 e. The van der Waals surface area contributed by atoms with E-state index in [4.69, 9.17) is 142 Å². The molecule has 0 heterocycles. The van der Waals surface area contributed by atoms with Crippen molar-refractivity contribution in [2.24, 2.45) is 0 Å². The van der Waals surface area contributed by atoms with Crippen molar-refractivity contribution in [2.45, 2.75) is 0 Å². The predicted octanol–water partition coefficient (Wildman–Crippen LogP) is 0.319. The van der Waals surface area contributed by atoms with Gasteiger partial charge in [-0.05, 0) is 0 Å². The monoisotopic (exact) mass is 616 g/mol. The molecule has 0 spiro atoms. The van der Waals surface area contributed by atoms with E-state index in [-0.39, 0.29) is 89.1 Å². The second-order valence-electron chi connectivity index (χ2n) is 0. The van der Waals surface area contributed by atoms with E-state index in [1.165, 1.54) is 0 Å². The first-order chi connectivity index (χ1) is 12.0. The molecule has 2 N–H and O–H groups in total. The van der Waals surface area contributed by atoms with Gasteiger partial charge in [0.1, 0.15) is 0 Å². The van der Waals surface area contributed by atoms with Crippen LogP contribution in [0, 0.1) is 142 Å². The topological polar surface area (TPSA) is 317 Å². The summed E-state index contributed by atoms with van der Waals surface area (Å²) in [5, 5.41) is 75.0. The van der Waals surface area contributed by atoms with E-state index in [1.54, 1.807) is 0 Å². The Labute approximate surface area is 229 Å². The molecule has 0 aromatic carbocycles. The summed E-state index contributed by atoms with van der Waals surface area (Å²) in [6, 6.07) is 0. The Balaban J connectivity index is -0.00000000321. The molecule has 0 saturated carbocycles. The molecule has 0 rings (SSSR count). The molecule has 0 unspecified atom stereocenters. The zero-order valence-corrected chi connectivity index (χ0v) is 18.7. The quantitative estimate of drug-likeness (QED) is 0.262. The Hall–Kier alpha value is -3.64. The molecule has 0 aliphatic rings. The van der Waals surface area contributed by atoms with Gasteiger partial charge in [-0.25, -0.2) is 0 Å². The molecule has 18 heteroatoms. The minimum atomic E-state index is 0. The van der Waals surface area contributed by atoms with Crippen LogP contribution < -0.4 is 0 Å². The van der Waals surface area contributed by atoms with Crippen LogP contribution in [0.5, 0.6) is 0 Å². The van der Waals surface area contributed by atoms with Crippen molar-refractivity contribution >= 4 is 0 Å². The summed E-state index contributed by atoms with van der Waals surface area (Å²) in [4.78, 5) is 0. The maximum absolute atomic E-state index is 6.25. The zero-order valence-electron chi connectivity index (χ0n) is 13.5. The van der Waals surface area contributed by atoms with E-state index >= 15 is 0 Å². The van der Waals surface area contributed by atoms with E-state index in [1.807, 2.05) is 0 Å². The fourth-order valence-corrected chi connectivity index (χ4v) is 0. The van der Waals surface area contributed by atoms with E-state index in [9.17, 15) is 0 Å². The Morgan fingerprint density at radius 3 is 0.200 bits per heavy atom. The van der Waals surface area contributed by atoms with Crippen molar-refractivity contribution in [3.05, 3.63) is 78.9 Å². The van der Waals surface area contributed by atoms with Crippen LogP contribution in [0.2, 0.25) is 0 Å². The fraction of sp³-hybridized carbons (Fsp3) is 0. The number of nitrogens with zero attached hydrogens (tertiary/aromatic N) is 12. The van der Waals surface area contributed by atoms with Crippen LogP contribution in [0.15, 0.2) is 0 Å². The molecule has 2 radical (unpaired) electrons. The van der Waals surface area contributed by atoms with Crippen LogP contribution in [0.25, 0.3) is 0 Å². The van der Waals surface area contributed by atoms with Gasteiger partial charge in [-0.2, -0.15) is 0 Å². The standard InChI is InChI=1S/12CN.2Fe.3Ni.H2O/c12*1-2;;;;;;/h;;;;;;;;;;;;;;;;;1H2/q12*-1;2*+3;3*+2;. The average Bonchev–Trinajstić information content (AvgIpc) is 2.84. The minimum Gasteiger partial charge on any atom is -0.512 e. The molecule has 30 heavy (non-hydrogen) atoms. The van der Waals surface area contributed by atoms with Crippen LogP contribution in [-0.4, -0.2) is 5.48 Å². The van der Waals surface area contributed by atoms with Crippen molar-refractivity contribution < 1.29 is 89.1 Å². The van der Waals surface area contributed by atoms with Crippen LogP contribution in [0.3, 0.4) is 0 Å².